The van der Waals surface area contributed by atoms with Gasteiger partial charge in [0.2, 0.25) is 0 Å². The summed E-state index contributed by atoms with van der Waals surface area (Å²) in [6.45, 7) is 1.81. The lowest BCUT2D eigenvalue weighted by Gasteiger charge is -2.09. The maximum absolute atomic E-state index is 10.9. The minimum absolute atomic E-state index is 0.0187. The lowest BCUT2D eigenvalue weighted by atomic mass is 10.2. The largest absolute Gasteiger partial charge is 0.493 e. The molecule has 0 unspecified atom stereocenters. The molecule has 1 aromatic carbocycles. The molecule has 6 heteroatoms. The Morgan fingerprint density at radius 1 is 1.22 bits per heavy atom. The number of carboxylic acid groups (broad SMARTS) is 1. The van der Waals surface area contributed by atoms with Gasteiger partial charge in [-0.1, -0.05) is 18.2 Å². The van der Waals surface area contributed by atoms with Crippen LogP contribution in [0, 0.1) is 0 Å². The number of nitrogens with zero attached hydrogens (tertiary/aromatic N) is 1. The molecular formula is C17H20N2O4. The lowest BCUT2D eigenvalue weighted by molar-refractivity contribution is 0.0690. The summed E-state index contributed by atoms with van der Waals surface area (Å²) in [6, 6.07) is 12.6. The van der Waals surface area contributed by atoms with Crippen molar-refractivity contribution in [2.45, 2.75) is 13.0 Å². The number of pyridine rings is 1. The van der Waals surface area contributed by atoms with Gasteiger partial charge in [-0.15, -0.1) is 0 Å². The van der Waals surface area contributed by atoms with Gasteiger partial charge in [0.15, 0.2) is 5.69 Å². The highest BCUT2D eigenvalue weighted by molar-refractivity contribution is 5.85. The van der Waals surface area contributed by atoms with Gasteiger partial charge < -0.3 is 19.9 Å². The van der Waals surface area contributed by atoms with E-state index in [-0.39, 0.29) is 5.69 Å². The van der Waals surface area contributed by atoms with E-state index >= 15 is 0 Å². The molecular weight excluding hydrogens is 296 g/mol. The van der Waals surface area contributed by atoms with Gasteiger partial charge >= 0.3 is 5.97 Å². The summed E-state index contributed by atoms with van der Waals surface area (Å²) in [6.07, 6.45) is 0.838. The second-order valence-corrected chi connectivity index (χ2v) is 4.91. The van der Waals surface area contributed by atoms with Crippen LogP contribution >= 0.6 is 0 Å². The summed E-state index contributed by atoms with van der Waals surface area (Å²) in [5, 5.41) is 12.0. The fourth-order valence-electron chi connectivity index (χ4n) is 1.98. The molecule has 122 valence electrons. The van der Waals surface area contributed by atoms with Crippen molar-refractivity contribution in [1.82, 2.24) is 4.98 Å². The van der Waals surface area contributed by atoms with Crippen molar-refractivity contribution in [2.75, 3.05) is 25.6 Å². The first-order valence-electron chi connectivity index (χ1n) is 7.34. The quantitative estimate of drug-likeness (QED) is 0.692. The third-order valence-corrected chi connectivity index (χ3v) is 3.10. The van der Waals surface area contributed by atoms with E-state index in [0.717, 1.165) is 17.7 Å². The van der Waals surface area contributed by atoms with Crippen LogP contribution in [0.15, 0.2) is 42.5 Å². The Labute approximate surface area is 135 Å². The Hall–Kier alpha value is -2.60. The molecule has 0 aliphatic heterocycles. The first-order valence-corrected chi connectivity index (χ1v) is 7.34. The Morgan fingerprint density at radius 3 is 2.83 bits per heavy atom. The van der Waals surface area contributed by atoms with Crippen LogP contribution in [0.1, 0.15) is 22.5 Å². The van der Waals surface area contributed by atoms with Gasteiger partial charge in [-0.2, -0.15) is 0 Å². The van der Waals surface area contributed by atoms with Crippen LogP contribution < -0.4 is 10.1 Å². The summed E-state index contributed by atoms with van der Waals surface area (Å²) in [5.74, 6) is 0.282. The average Bonchev–Trinajstić information content (AvgIpc) is 2.57. The minimum Gasteiger partial charge on any atom is -0.493 e. The van der Waals surface area contributed by atoms with Crippen molar-refractivity contribution in [3.8, 4) is 5.75 Å². The van der Waals surface area contributed by atoms with Gasteiger partial charge in [0.25, 0.3) is 0 Å². The summed E-state index contributed by atoms with van der Waals surface area (Å²) in [4.78, 5) is 14.9. The number of aromatic carboxylic acids is 1. The Morgan fingerprint density at radius 2 is 2.04 bits per heavy atom. The van der Waals surface area contributed by atoms with Crippen LogP contribution in [0.4, 0.5) is 5.82 Å². The third kappa shape index (κ3) is 5.60. The molecule has 2 N–H and O–H groups in total. The van der Waals surface area contributed by atoms with E-state index in [1.165, 1.54) is 6.07 Å². The predicted octanol–water partition coefficient (Wildman–Crippen LogP) is 2.81. The highest BCUT2D eigenvalue weighted by atomic mass is 16.5. The molecule has 2 rings (SSSR count). The Kier molecular flexibility index (Phi) is 6.38. The predicted molar refractivity (Wildman–Crippen MR) is 87.0 cm³/mol. The first kappa shape index (κ1) is 16.8. The molecule has 0 spiro atoms. The number of nitrogens with one attached hydrogen (secondary N) is 1. The fraction of sp³-hybridized carbons (Fsp3) is 0.294. The van der Waals surface area contributed by atoms with E-state index < -0.39 is 5.97 Å². The average molecular weight is 316 g/mol. The molecule has 0 aliphatic rings. The molecule has 23 heavy (non-hydrogen) atoms. The molecule has 0 radical (unpaired) electrons. The van der Waals surface area contributed by atoms with Gasteiger partial charge in [0.05, 0.1) is 6.61 Å². The van der Waals surface area contributed by atoms with E-state index in [1.54, 1.807) is 19.2 Å². The molecule has 2 aromatic rings. The topological polar surface area (TPSA) is 80.7 Å². The van der Waals surface area contributed by atoms with Crippen molar-refractivity contribution in [2.24, 2.45) is 0 Å². The van der Waals surface area contributed by atoms with Gasteiger partial charge in [-0.25, -0.2) is 9.78 Å². The number of hydrogen-bond donors (Lipinski definition) is 2. The molecule has 1 aromatic heterocycles. The molecule has 0 fully saturated rings. The van der Waals surface area contributed by atoms with E-state index in [4.69, 9.17) is 14.6 Å². The zero-order valence-corrected chi connectivity index (χ0v) is 13.0. The van der Waals surface area contributed by atoms with E-state index in [2.05, 4.69) is 10.3 Å². The summed E-state index contributed by atoms with van der Waals surface area (Å²) in [5.41, 5.74) is 1.04. The van der Waals surface area contributed by atoms with Crippen molar-refractivity contribution in [1.29, 1.82) is 0 Å². The maximum atomic E-state index is 10.9. The van der Waals surface area contributed by atoms with E-state index in [0.29, 0.717) is 25.6 Å². The molecule has 0 aliphatic carbocycles. The SMILES string of the molecule is COCCCOc1cccc(CNc2cccc(C(=O)O)n2)c1. The molecule has 0 saturated heterocycles. The number of carbonyl (C=O) groups is 1. The molecule has 0 saturated carbocycles. The smallest absolute Gasteiger partial charge is 0.354 e. The molecule has 1 heterocycles. The van der Waals surface area contributed by atoms with Crippen LogP contribution in [-0.4, -0.2) is 36.4 Å². The summed E-state index contributed by atoms with van der Waals surface area (Å²) >= 11 is 0. The minimum atomic E-state index is -1.04. The normalized spacial score (nSPS) is 10.3. The number of rotatable bonds is 9. The summed E-state index contributed by atoms with van der Waals surface area (Å²) < 4.78 is 10.6. The van der Waals surface area contributed by atoms with Gasteiger partial charge in [-0.05, 0) is 29.8 Å². The van der Waals surface area contributed by atoms with Crippen molar-refractivity contribution >= 4 is 11.8 Å². The number of carboxylic acids is 1. The number of aromatic nitrogens is 1. The summed E-state index contributed by atoms with van der Waals surface area (Å²) in [7, 11) is 1.67. The van der Waals surface area contributed by atoms with E-state index in [1.807, 2.05) is 24.3 Å². The standard InChI is InChI=1S/C17H20N2O4/c1-22-9-4-10-23-14-6-2-5-13(11-14)12-18-16-8-3-7-15(19-16)17(20)21/h2-3,5-8,11H,4,9-10,12H2,1H3,(H,18,19)(H,20,21). The van der Waals surface area contributed by atoms with Crippen LogP contribution in [0.25, 0.3) is 0 Å². The van der Waals surface area contributed by atoms with Crippen LogP contribution in [0.2, 0.25) is 0 Å². The fourth-order valence-corrected chi connectivity index (χ4v) is 1.98. The monoisotopic (exact) mass is 316 g/mol. The van der Waals surface area contributed by atoms with Crippen molar-refractivity contribution in [3.05, 3.63) is 53.7 Å². The van der Waals surface area contributed by atoms with Crippen molar-refractivity contribution < 1.29 is 19.4 Å². The zero-order chi connectivity index (χ0) is 16.5. The zero-order valence-electron chi connectivity index (χ0n) is 13.0. The Balaban J connectivity index is 1.90. The van der Waals surface area contributed by atoms with Crippen LogP contribution in [0.5, 0.6) is 5.75 Å². The molecule has 0 amide bonds. The highest BCUT2D eigenvalue weighted by Crippen LogP contribution is 2.15. The van der Waals surface area contributed by atoms with Gasteiger partial charge in [0.1, 0.15) is 11.6 Å². The van der Waals surface area contributed by atoms with E-state index in [9.17, 15) is 4.79 Å². The molecule has 0 bridgehead atoms. The number of hydrogen-bond acceptors (Lipinski definition) is 5. The highest BCUT2D eigenvalue weighted by Gasteiger charge is 2.05. The third-order valence-electron chi connectivity index (χ3n) is 3.10. The first-order chi connectivity index (χ1) is 11.2. The molecule has 6 nitrogen and oxygen atoms in total. The number of anilines is 1. The van der Waals surface area contributed by atoms with Crippen molar-refractivity contribution in [3.63, 3.8) is 0 Å². The van der Waals surface area contributed by atoms with Crippen LogP contribution in [-0.2, 0) is 11.3 Å². The number of methoxy groups -OCH3 is 1. The molecule has 0 atom stereocenters. The maximum Gasteiger partial charge on any atom is 0.354 e. The lowest BCUT2D eigenvalue weighted by Crippen LogP contribution is -2.06. The second-order valence-electron chi connectivity index (χ2n) is 4.91. The van der Waals surface area contributed by atoms with Gasteiger partial charge in [-0.3, -0.25) is 0 Å². The number of ether oxygens (including phenoxy) is 2. The second kappa shape index (κ2) is 8.75. The van der Waals surface area contributed by atoms with Gasteiger partial charge in [0, 0.05) is 26.7 Å². The number of benzene rings is 1. The van der Waals surface area contributed by atoms with Crippen LogP contribution in [0.3, 0.4) is 0 Å². The Bertz CT molecular complexity index is 646.